The molecule has 2 N–H and O–H groups in total. The number of aromatic hydroxyl groups is 1. The average Bonchev–Trinajstić information content (AvgIpc) is 2.81. The molecular weight excluding hydrogens is 476 g/mol. The summed E-state index contributed by atoms with van der Waals surface area (Å²) in [4.78, 5) is 17.3. The number of carbonyl (C=O) groups is 1. The number of aryl methyl sites for hydroxylation is 2. The highest BCUT2D eigenvalue weighted by molar-refractivity contribution is 7.89. The number of anilines is 2. The summed E-state index contributed by atoms with van der Waals surface area (Å²) in [5.41, 5.74) is 2.80. The molecule has 0 radical (unpaired) electrons. The first-order valence-corrected chi connectivity index (χ1v) is 14.0. The van der Waals surface area contributed by atoms with Gasteiger partial charge in [0.1, 0.15) is 5.75 Å². The van der Waals surface area contributed by atoms with Gasteiger partial charge in [0.15, 0.2) is 0 Å². The maximum Gasteiger partial charge on any atom is 0.243 e. The Bertz CT molecular complexity index is 1120. The predicted octanol–water partition coefficient (Wildman–Crippen LogP) is 3.83. The van der Waals surface area contributed by atoms with Crippen LogP contribution in [0.5, 0.6) is 5.75 Å². The summed E-state index contributed by atoms with van der Waals surface area (Å²) in [5.74, 6) is 0.568. The van der Waals surface area contributed by atoms with Gasteiger partial charge in [-0.2, -0.15) is 0 Å². The van der Waals surface area contributed by atoms with E-state index in [0.29, 0.717) is 16.8 Å². The highest BCUT2D eigenvalue weighted by atomic mass is 32.2. The van der Waals surface area contributed by atoms with Crippen LogP contribution in [0.15, 0.2) is 41.3 Å². The van der Waals surface area contributed by atoms with E-state index in [4.69, 9.17) is 0 Å². The second-order valence-electron chi connectivity index (χ2n) is 10.1. The topological polar surface area (TPSA) is 93.2 Å². The van der Waals surface area contributed by atoms with Crippen molar-refractivity contribution in [1.29, 1.82) is 0 Å². The van der Waals surface area contributed by atoms with Gasteiger partial charge in [0, 0.05) is 44.5 Å². The second kappa shape index (κ2) is 12.1. The molecule has 1 fully saturated rings. The quantitative estimate of drug-likeness (QED) is 0.499. The highest BCUT2D eigenvalue weighted by Crippen LogP contribution is 2.28. The van der Waals surface area contributed by atoms with Crippen LogP contribution in [0, 0.1) is 19.8 Å². The van der Waals surface area contributed by atoms with Gasteiger partial charge in [-0.25, -0.2) is 12.7 Å². The number of phenolic OH excluding ortho intramolecular Hbond substituents is 1. The Balaban J connectivity index is 1.50. The van der Waals surface area contributed by atoms with Crippen molar-refractivity contribution in [1.82, 2.24) is 9.21 Å². The van der Waals surface area contributed by atoms with Crippen molar-refractivity contribution in [2.24, 2.45) is 5.92 Å². The Morgan fingerprint density at radius 2 is 1.61 bits per heavy atom. The van der Waals surface area contributed by atoms with E-state index in [1.807, 2.05) is 24.3 Å². The van der Waals surface area contributed by atoms with E-state index in [-0.39, 0.29) is 29.5 Å². The molecule has 0 bridgehead atoms. The Morgan fingerprint density at radius 3 is 2.17 bits per heavy atom. The van der Waals surface area contributed by atoms with Crippen LogP contribution in [0.2, 0.25) is 0 Å². The second-order valence-corrected chi connectivity index (χ2v) is 12.1. The fraction of sp³-hybridized carbons (Fsp3) is 0.519. The van der Waals surface area contributed by atoms with Crippen LogP contribution in [0.1, 0.15) is 36.8 Å². The number of benzene rings is 2. The van der Waals surface area contributed by atoms with Gasteiger partial charge in [-0.1, -0.05) is 0 Å². The number of piperidine rings is 1. The normalized spacial score (nSPS) is 15.0. The number of amides is 1. The molecule has 9 heteroatoms. The van der Waals surface area contributed by atoms with Crippen molar-refractivity contribution < 1.29 is 18.3 Å². The number of hydrogen-bond acceptors (Lipinski definition) is 6. The molecule has 1 amide bonds. The van der Waals surface area contributed by atoms with Crippen LogP contribution in [-0.2, 0) is 14.8 Å². The van der Waals surface area contributed by atoms with Crippen LogP contribution in [0.25, 0.3) is 0 Å². The van der Waals surface area contributed by atoms with Crippen LogP contribution >= 0.6 is 0 Å². The van der Waals surface area contributed by atoms with Crippen molar-refractivity contribution in [3.05, 3.63) is 47.5 Å². The third-order valence-corrected chi connectivity index (χ3v) is 9.05. The van der Waals surface area contributed by atoms with E-state index in [2.05, 4.69) is 29.2 Å². The molecule has 0 aliphatic carbocycles. The van der Waals surface area contributed by atoms with Gasteiger partial charge in [-0.05, 0) is 107 Å². The number of carbonyl (C=O) groups excluding carboxylic acids is 1. The molecule has 1 saturated heterocycles. The number of nitrogens with zero attached hydrogens (tertiary/aromatic N) is 3. The number of hydrogen-bond donors (Lipinski definition) is 2. The highest BCUT2D eigenvalue weighted by Gasteiger charge is 2.26. The zero-order chi connectivity index (χ0) is 26.5. The Labute approximate surface area is 216 Å². The van der Waals surface area contributed by atoms with Crippen LogP contribution < -0.4 is 10.2 Å². The molecule has 1 aliphatic heterocycles. The van der Waals surface area contributed by atoms with E-state index in [0.717, 1.165) is 31.2 Å². The summed E-state index contributed by atoms with van der Waals surface area (Å²) < 4.78 is 27.3. The fourth-order valence-corrected chi connectivity index (χ4v) is 6.34. The summed E-state index contributed by atoms with van der Waals surface area (Å²) in [6.45, 7) is 6.58. The van der Waals surface area contributed by atoms with E-state index < -0.39 is 10.0 Å². The molecule has 36 heavy (non-hydrogen) atoms. The molecule has 0 unspecified atom stereocenters. The number of rotatable bonds is 10. The minimum absolute atomic E-state index is 0.0292. The minimum Gasteiger partial charge on any atom is -0.508 e. The zero-order valence-corrected chi connectivity index (χ0v) is 22.9. The molecule has 0 aromatic heterocycles. The molecule has 1 aliphatic rings. The smallest absolute Gasteiger partial charge is 0.243 e. The fourth-order valence-electron chi connectivity index (χ4n) is 4.77. The van der Waals surface area contributed by atoms with Crippen LogP contribution in [-0.4, -0.2) is 76.0 Å². The van der Waals surface area contributed by atoms with Gasteiger partial charge < -0.3 is 20.2 Å². The van der Waals surface area contributed by atoms with Crippen molar-refractivity contribution in [3.63, 3.8) is 0 Å². The van der Waals surface area contributed by atoms with Gasteiger partial charge in [0.05, 0.1) is 4.90 Å². The lowest BCUT2D eigenvalue weighted by Crippen LogP contribution is -2.34. The van der Waals surface area contributed by atoms with Gasteiger partial charge in [-0.3, -0.25) is 4.79 Å². The van der Waals surface area contributed by atoms with Gasteiger partial charge >= 0.3 is 0 Å². The first-order chi connectivity index (χ1) is 17.0. The third-order valence-electron chi connectivity index (χ3n) is 6.88. The summed E-state index contributed by atoms with van der Waals surface area (Å²) in [6.07, 6.45) is 3.68. The maximum absolute atomic E-state index is 13.0. The van der Waals surface area contributed by atoms with Crippen LogP contribution in [0.3, 0.4) is 0 Å². The lowest BCUT2D eigenvalue weighted by Gasteiger charge is -2.34. The molecule has 1 heterocycles. The molecular formula is C27H40N4O4S. The molecule has 0 atom stereocenters. The van der Waals surface area contributed by atoms with Crippen molar-refractivity contribution >= 4 is 27.3 Å². The van der Waals surface area contributed by atoms with Gasteiger partial charge in [0.2, 0.25) is 15.9 Å². The number of nitrogens with one attached hydrogen (secondary N) is 1. The Morgan fingerprint density at radius 1 is 1.03 bits per heavy atom. The largest absolute Gasteiger partial charge is 0.508 e. The number of phenols is 1. The van der Waals surface area contributed by atoms with Crippen molar-refractivity contribution in [3.8, 4) is 5.75 Å². The van der Waals surface area contributed by atoms with E-state index in [1.54, 1.807) is 13.8 Å². The van der Waals surface area contributed by atoms with Crippen LogP contribution in [0.4, 0.5) is 11.4 Å². The van der Waals surface area contributed by atoms with Gasteiger partial charge in [0.25, 0.3) is 0 Å². The maximum atomic E-state index is 13.0. The molecule has 0 spiro atoms. The predicted molar refractivity (Wildman–Crippen MR) is 145 cm³/mol. The molecule has 3 rings (SSSR count). The molecule has 2 aromatic carbocycles. The van der Waals surface area contributed by atoms with E-state index in [9.17, 15) is 18.3 Å². The molecule has 0 saturated carbocycles. The monoisotopic (exact) mass is 516 g/mol. The average molecular weight is 517 g/mol. The first-order valence-electron chi connectivity index (χ1n) is 12.5. The van der Waals surface area contributed by atoms with E-state index in [1.165, 1.54) is 42.7 Å². The minimum atomic E-state index is -3.78. The number of sulfonamides is 1. The third kappa shape index (κ3) is 7.21. The molecule has 8 nitrogen and oxygen atoms in total. The Kier molecular flexibility index (Phi) is 9.38. The standard InChI is InChI=1S/C27H40N4O4S/c1-20-18-25(32)19-21(2)27(20)36(34,35)30(5)15-13-26(33)28-23-6-8-24(9-7-23)31-16-11-22(12-17-31)10-14-29(3)4/h6-9,18-19,22,32H,10-17H2,1-5H3,(H,28,33). The van der Waals surface area contributed by atoms with Crippen molar-refractivity contribution in [2.45, 2.75) is 44.4 Å². The summed E-state index contributed by atoms with van der Waals surface area (Å²) in [5, 5.41) is 12.6. The summed E-state index contributed by atoms with van der Waals surface area (Å²) in [7, 11) is 1.92. The lowest BCUT2D eigenvalue weighted by atomic mass is 9.93. The SMILES string of the molecule is Cc1cc(O)cc(C)c1S(=O)(=O)N(C)CCC(=O)Nc1ccc(N2CCC(CCN(C)C)CC2)cc1. The summed E-state index contributed by atoms with van der Waals surface area (Å²) >= 11 is 0. The molecule has 198 valence electrons. The van der Waals surface area contributed by atoms with Gasteiger partial charge in [-0.15, -0.1) is 0 Å². The first kappa shape index (κ1) is 28.0. The van der Waals surface area contributed by atoms with Crippen molar-refractivity contribution in [2.75, 3.05) is 57.5 Å². The Hall–Kier alpha value is -2.62. The molecule has 2 aromatic rings. The summed E-state index contributed by atoms with van der Waals surface area (Å²) in [6, 6.07) is 10.7. The van der Waals surface area contributed by atoms with E-state index >= 15 is 0 Å². The lowest BCUT2D eigenvalue weighted by molar-refractivity contribution is -0.116. The zero-order valence-electron chi connectivity index (χ0n) is 22.1.